The maximum absolute atomic E-state index is 12.0. The zero-order valence-electron chi connectivity index (χ0n) is 8.31. The number of aromatic carboxylic acids is 1. The first-order chi connectivity index (χ1) is 7.80. The molecule has 0 saturated heterocycles. The molecule has 0 spiro atoms. The number of nitrogens with zero attached hydrogens (tertiary/aromatic N) is 1. The van der Waals surface area contributed by atoms with Gasteiger partial charge < -0.3 is 10.2 Å². The molecule has 1 atom stereocenters. The highest BCUT2D eigenvalue weighted by molar-refractivity contribution is 7.99. The fraction of sp³-hybridized carbons (Fsp3) is 0.333. The van der Waals surface area contributed by atoms with Gasteiger partial charge in [-0.25, -0.2) is 9.78 Å². The van der Waals surface area contributed by atoms with Crippen molar-refractivity contribution in [2.24, 2.45) is 0 Å². The number of rotatable bonds is 4. The molecule has 0 aliphatic carbocycles. The molecule has 0 aromatic carbocycles. The molecule has 4 nitrogen and oxygen atoms in total. The van der Waals surface area contributed by atoms with Crippen molar-refractivity contribution < 1.29 is 28.2 Å². The first-order valence-corrected chi connectivity index (χ1v) is 5.36. The van der Waals surface area contributed by atoms with E-state index in [1.807, 2.05) is 0 Å². The van der Waals surface area contributed by atoms with Crippen LogP contribution < -0.4 is 0 Å². The van der Waals surface area contributed by atoms with E-state index in [9.17, 15) is 18.0 Å². The van der Waals surface area contributed by atoms with Crippen LogP contribution in [0.3, 0.4) is 0 Å². The molecule has 0 radical (unpaired) electrons. The fourth-order valence-corrected chi connectivity index (χ4v) is 1.66. The highest BCUT2D eigenvalue weighted by Gasteiger charge is 2.37. The second-order valence-corrected chi connectivity index (χ2v) is 4.10. The van der Waals surface area contributed by atoms with Gasteiger partial charge in [-0.2, -0.15) is 13.2 Å². The second-order valence-electron chi connectivity index (χ2n) is 3.06. The van der Waals surface area contributed by atoms with E-state index >= 15 is 0 Å². The topological polar surface area (TPSA) is 70.4 Å². The third-order valence-corrected chi connectivity index (χ3v) is 2.77. The summed E-state index contributed by atoms with van der Waals surface area (Å²) in [7, 11) is 0. The molecule has 1 heterocycles. The lowest BCUT2D eigenvalue weighted by atomic mass is 10.3. The van der Waals surface area contributed by atoms with Crippen LogP contribution in [0.15, 0.2) is 23.4 Å². The average molecular weight is 267 g/mol. The van der Waals surface area contributed by atoms with E-state index in [4.69, 9.17) is 10.2 Å². The summed E-state index contributed by atoms with van der Waals surface area (Å²) >= 11 is 0.702. The molecule has 0 aliphatic heterocycles. The minimum Gasteiger partial charge on any atom is -0.478 e. The van der Waals surface area contributed by atoms with Crippen molar-refractivity contribution in [3.63, 3.8) is 0 Å². The van der Waals surface area contributed by atoms with Gasteiger partial charge >= 0.3 is 12.1 Å². The van der Waals surface area contributed by atoms with Crippen LogP contribution in [0.2, 0.25) is 0 Å². The van der Waals surface area contributed by atoms with Crippen LogP contribution in [0.25, 0.3) is 0 Å². The van der Waals surface area contributed by atoms with E-state index in [1.165, 1.54) is 12.1 Å². The molecule has 1 unspecified atom stereocenters. The zero-order valence-corrected chi connectivity index (χ0v) is 9.13. The van der Waals surface area contributed by atoms with Gasteiger partial charge in [0, 0.05) is 11.9 Å². The van der Waals surface area contributed by atoms with Gasteiger partial charge in [0.2, 0.25) is 0 Å². The quantitative estimate of drug-likeness (QED) is 0.814. The Morgan fingerprint density at radius 1 is 1.47 bits per heavy atom. The molecule has 8 heteroatoms. The number of thioether (sulfide) groups is 1. The summed E-state index contributed by atoms with van der Waals surface area (Å²) < 4.78 is 35.9. The number of pyridine rings is 1. The Bertz CT molecular complexity index is 393. The molecule has 0 aliphatic rings. The van der Waals surface area contributed by atoms with Gasteiger partial charge in [-0.15, -0.1) is 11.8 Å². The number of carboxylic acids is 1. The molecule has 2 N–H and O–H groups in total. The van der Waals surface area contributed by atoms with Gasteiger partial charge in [0.25, 0.3) is 0 Å². The lowest BCUT2D eigenvalue weighted by Crippen LogP contribution is -2.30. The first-order valence-electron chi connectivity index (χ1n) is 4.37. The highest BCUT2D eigenvalue weighted by Crippen LogP contribution is 2.25. The molecular weight excluding hydrogens is 259 g/mol. The lowest BCUT2D eigenvalue weighted by Gasteiger charge is -2.13. The van der Waals surface area contributed by atoms with Crippen molar-refractivity contribution >= 4 is 17.7 Å². The highest BCUT2D eigenvalue weighted by atomic mass is 32.2. The Kier molecular flexibility index (Phi) is 4.35. The molecule has 1 rings (SSSR count). The van der Waals surface area contributed by atoms with Crippen molar-refractivity contribution in [3.8, 4) is 0 Å². The van der Waals surface area contributed by atoms with Crippen LogP contribution >= 0.6 is 11.8 Å². The molecular formula is C9H8F3NO3S. The Balaban J connectivity index is 2.56. The predicted molar refractivity (Wildman–Crippen MR) is 54.0 cm³/mol. The maximum atomic E-state index is 12.0. The molecule has 0 amide bonds. The number of alkyl halides is 3. The summed E-state index contributed by atoms with van der Waals surface area (Å²) in [5.41, 5.74) is -0.0503. The summed E-state index contributed by atoms with van der Waals surface area (Å²) in [4.78, 5) is 14.1. The number of aliphatic hydroxyl groups excluding tert-OH is 1. The standard InChI is InChI=1S/C9H8F3NO3S/c10-9(11,12)6(14)4-17-7-2-1-5(3-13-7)8(15)16/h1-3,6,14H,4H2,(H,15,16). The number of carbonyl (C=O) groups is 1. The Hall–Kier alpha value is -1.28. The van der Waals surface area contributed by atoms with E-state index < -0.39 is 24.0 Å². The summed E-state index contributed by atoms with van der Waals surface area (Å²) in [6, 6.07) is 2.52. The Morgan fingerprint density at radius 3 is 2.53 bits per heavy atom. The lowest BCUT2D eigenvalue weighted by molar-refractivity contribution is -0.195. The van der Waals surface area contributed by atoms with Gasteiger partial charge in [0.15, 0.2) is 6.10 Å². The first kappa shape index (κ1) is 13.8. The van der Waals surface area contributed by atoms with Crippen molar-refractivity contribution in [1.82, 2.24) is 4.98 Å². The van der Waals surface area contributed by atoms with Gasteiger partial charge in [0.1, 0.15) is 0 Å². The van der Waals surface area contributed by atoms with Crippen molar-refractivity contribution in [3.05, 3.63) is 23.9 Å². The molecule has 0 fully saturated rings. The van der Waals surface area contributed by atoms with Crippen LogP contribution in [0, 0.1) is 0 Å². The van der Waals surface area contributed by atoms with Gasteiger partial charge in [0.05, 0.1) is 10.6 Å². The second kappa shape index (κ2) is 5.37. The molecule has 94 valence electrons. The average Bonchev–Trinajstić information content (AvgIpc) is 2.25. The van der Waals surface area contributed by atoms with Crippen LogP contribution in [-0.4, -0.2) is 39.2 Å². The normalized spacial score (nSPS) is 13.4. The van der Waals surface area contributed by atoms with Crippen LogP contribution in [-0.2, 0) is 0 Å². The summed E-state index contributed by atoms with van der Waals surface area (Å²) in [6.07, 6.45) is -6.04. The van der Waals surface area contributed by atoms with Gasteiger partial charge in [-0.1, -0.05) is 0 Å². The molecule has 0 saturated carbocycles. The summed E-state index contributed by atoms with van der Waals surface area (Å²) in [5, 5.41) is 17.5. The summed E-state index contributed by atoms with van der Waals surface area (Å²) in [5.74, 6) is -1.74. The molecule has 1 aromatic heterocycles. The third kappa shape index (κ3) is 4.23. The van der Waals surface area contributed by atoms with E-state index in [2.05, 4.69) is 4.98 Å². The molecule has 1 aromatic rings. The van der Waals surface area contributed by atoms with Gasteiger partial charge in [-0.3, -0.25) is 0 Å². The fourth-order valence-electron chi connectivity index (χ4n) is 0.851. The third-order valence-electron chi connectivity index (χ3n) is 1.75. The van der Waals surface area contributed by atoms with Gasteiger partial charge in [-0.05, 0) is 12.1 Å². The van der Waals surface area contributed by atoms with Crippen molar-refractivity contribution in [2.75, 3.05) is 5.75 Å². The van der Waals surface area contributed by atoms with E-state index in [0.717, 1.165) is 6.20 Å². The number of halogens is 3. The number of hydrogen-bond donors (Lipinski definition) is 2. The summed E-state index contributed by atoms with van der Waals surface area (Å²) in [6.45, 7) is 0. The SMILES string of the molecule is O=C(O)c1ccc(SCC(O)C(F)(F)F)nc1. The number of carboxylic acid groups (broad SMARTS) is 1. The maximum Gasteiger partial charge on any atom is 0.415 e. The number of aliphatic hydroxyl groups is 1. The number of hydrogen-bond acceptors (Lipinski definition) is 4. The molecule has 17 heavy (non-hydrogen) atoms. The molecule has 0 bridgehead atoms. The van der Waals surface area contributed by atoms with Crippen LogP contribution in [0.5, 0.6) is 0 Å². The number of aromatic nitrogens is 1. The smallest absolute Gasteiger partial charge is 0.415 e. The van der Waals surface area contributed by atoms with Crippen LogP contribution in [0.4, 0.5) is 13.2 Å². The van der Waals surface area contributed by atoms with E-state index in [0.29, 0.717) is 11.8 Å². The largest absolute Gasteiger partial charge is 0.478 e. The Labute approximate surface area is 98.5 Å². The zero-order chi connectivity index (χ0) is 13.1. The minimum absolute atomic E-state index is 0.0503. The van der Waals surface area contributed by atoms with E-state index in [1.54, 1.807) is 0 Å². The van der Waals surface area contributed by atoms with Crippen LogP contribution in [0.1, 0.15) is 10.4 Å². The van der Waals surface area contributed by atoms with Crippen molar-refractivity contribution in [1.29, 1.82) is 0 Å². The Morgan fingerprint density at radius 2 is 2.12 bits per heavy atom. The van der Waals surface area contributed by atoms with Crippen molar-refractivity contribution in [2.45, 2.75) is 17.3 Å². The monoisotopic (exact) mass is 267 g/mol. The predicted octanol–water partition coefficient (Wildman–Crippen LogP) is 1.80. The van der Waals surface area contributed by atoms with E-state index in [-0.39, 0.29) is 10.6 Å². The minimum atomic E-state index is -4.66.